The first-order chi connectivity index (χ1) is 8.00. The van der Waals surface area contributed by atoms with Crippen molar-refractivity contribution in [3.8, 4) is 11.5 Å². The summed E-state index contributed by atoms with van der Waals surface area (Å²) in [5.74, 6) is 0.845. The van der Waals surface area contributed by atoms with E-state index in [-0.39, 0.29) is 11.5 Å². The fourth-order valence-corrected chi connectivity index (χ4v) is 3.40. The second kappa shape index (κ2) is 4.54. The maximum absolute atomic E-state index is 11.3. The number of rotatable bonds is 3. The van der Waals surface area contributed by atoms with Crippen LogP contribution in [0.2, 0.25) is 0 Å². The normalized spacial score (nSPS) is 26.7. The lowest BCUT2D eigenvalue weighted by molar-refractivity contribution is 0.0738. The molecule has 1 heterocycles. The van der Waals surface area contributed by atoms with E-state index in [4.69, 9.17) is 9.47 Å². The maximum atomic E-state index is 11.3. The van der Waals surface area contributed by atoms with Crippen molar-refractivity contribution in [3.05, 3.63) is 24.3 Å². The zero-order valence-electron chi connectivity index (χ0n) is 9.37. The average Bonchev–Trinajstić information content (AvgIpc) is 2.53. The minimum atomic E-state index is -3.18. The Morgan fingerprint density at radius 2 is 1.76 bits per heavy atom. The molecule has 1 fully saturated rings. The van der Waals surface area contributed by atoms with Gasteiger partial charge in [0.15, 0.2) is 9.84 Å². The summed E-state index contributed by atoms with van der Waals surface area (Å²) in [4.78, 5) is 0. The van der Waals surface area contributed by atoms with E-state index < -0.39 is 22.0 Å². The number of methoxy groups -OCH3 is 1. The Hall–Kier alpha value is -1.27. The molecule has 1 aliphatic rings. The number of sulfone groups is 1. The number of hydrogen-bond acceptors (Lipinski definition) is 5. The predicted octanol–water partition coefficient (Wildman–Crippen LogP) is 0.232. The van der Waals surface area contributed by atoms with Gasteiger partial charge < -0.3 is 14.6 Å². The van der Waals surface area contributed by atoms with Gasteiger partial charge in [-0.25, -0.2) is 8.42 Å². The Labute approximate surface area is 99.9 Å². The third-order valence-electron chi connectivity index (χ3n) is 2.62. The lowest BCUT2D eigenvalue weighted by Crippen LogP contribution is -2.29. The molecule has 1 aromatic carbocycles. The fraction of sp³-hybridized carbons (Fsp3) is 0.455. The van der Waals surface area contributed by atoms with Crippen molar-refractivity contribution >= 4 is 9.84 Å². The van der Waals surface area contributed by atoms with Crippen molar-refractivity contribution in [3.63, 3.8) is 0 Å². The minimum absolute atomic E-state index is 0.139. The molecule has 5 nitrogen and oxygen atoms in total. The molecule has 94 valence electrons. The summed E-state index contributed by atoms with van der Waals surface area (Å²) in [5.41, 5.74) is 0. The standard InChI is InChI=1S/C11H14O5S/c1-15-8-2-4-9(5-3-8)16-11-7-17(13,14)6-10(11)12/h2-5,10-12H,6-7H2,1H3. The largest absolute Gasteiger partial charge is 0.497 e. The van der Waals surface area contributed by atoms with E-state index in [0.29, 0.717) is 11.5 Å². The monoisotopic (exact) mass is 258 g/mol. The Bertz CT molecular complexity index is 479. The molecule has 6 heteroatoms. The van der Waals surface area contributed by atoms with E-state index in [0.717, 1.165) is 0 Å². The summed E-state index contributed by atoms with van der Waals surface area (Å²) in [7, 11) is -1.62. The molecule has 0 radical (unpaired) electrons. The van der Waals surface area contributed by atoms with Gasteiger partial charge in [0, 0.05) is 0 Å². The highest BCUT2D eigenvalue weighted by molar-refractivity contribution is 7.91. The van der Waals surface area contributed by atoms with Gasteiger partial charge in [0.2, 0.25) is 0 Å². The van der Waals surface area contributed by atoms with Crippen LogP contribution in [0.25, 0.3) is 0 Å². The van der Waals surface area contributed by atoms with Gasteiger partial charge >= 0.3 is 0 Å². The molecule has 1 saturated heterocycles. The third-order valence-corrected chi connectivity index (χ3v) is 4.30. The van der Waals surface area contributed by atoms with E-state index in [1.807, 2.05) is 0 Å². The molecule has 0 aromatic heterocycles. The SMILES string of the molecule is COc1ccc(OC2CS(=O)(=O)CC2O)cc1. The van der Waals surface area contributed by atoms with Crippen molar-refractivity contribution in [2.45, 2.75) is 12.2 Å². The van der Waals surface area contributed by atoms with E-state index in [1.165, 1.54) is 0 Å². The van der Waals surface area contributed by atoms with E-state index >= 15 is 0 Å². The highest BCUT2D eigenvalue weighted by atomic mass is 32.2. The van der Waals surface area contributed by atoms with Crippen LogP contribution in [0.1, 0.15) is 0 Å². The lowest BCUT2D eigenvalue weighted by atomic mass is 10.2. The van der Waals surface area contributed by atoms with Crippen LogP contribution in [0, 0.1) is 0 Å². The lowest BCUT2D eigenvalue weighted by Gasteiger charge is -2.15. The van der Waals surface area contributed by atoms with E-state index in [9.17, 15) is 13.5 Å². The first-order valence-corrected chi connectivity index (χ1v) is 7.01. The molecule has 2 unspecified atom stereocenters. The van der Waals surface area contributed by atoms with Crippen molar-refractivity contribution in [2.24, 2.45) is 0 Å². The second-order valence-electron chi connectivity index (χ2n) is 3.98. The topological polar surface area (TPSA) is 72.8 Å². The summed E-state index contributed by atoms with van der Waals surface area (Å²) in [6.07, 6.45) is -1.64. The second-order valence-corrected chi connectivity index (χ2v) is 6.13. The highest BCUT2D eigenvalue weighted by Gasteiger charge is 2.38. The summed E-state index contributed by atoms with van der Waals surface area (Å²) in [5, 5.41) is 9.56. The molecule has 1 N–H and O–H groups in total. The smallest absolute Gasteiger partial charge is 0.156 e. The summed E-state index contributed by atoms with van der Waals surface area (Å²) in [6, 6.07) is 6.78. The predicted molar refractivity (Wildman–Crippen MR) is 62.1 cm³/mol. The number of aliphatic hydroxyl groups is 1. The van der Waals surface area contributed by atoms with Gasteiger partial charge in [-0.2, -0.15) is 0 Å². The average molecular weight is 258 g/mol. The van der Waals surface area contributed by atoms with Gasteiger partial charge in [0.05, 0.1) is 18.6 Å². The Kier molecular flexibility index (Phi) is 3.26. The fourth-order valence-electron chi connectivity index (χ4n) is 1.74. The van der Waals surface area contributed by atoms with Crippen molar-refractivity contribution in [1.29, 1.82) is 0 Å². The molecule has 0 aliphatic carbocycles. The van der Waals surface area contributed by atoms with E-state index in [1.54, 1.807) is 31.4 Å². The van der Waals surface area contributed by atoms with Crippen molar-refractivity contribution in [2.75, 3.05) is 18.6 Å². The van der Waals surface area contributed by atoms with Crippen LogP contribution in [0.15, 0.2) is 24.3 Å². The van der Waals surface area contributed by atoms with Crippen LogP contribution >= 0.6 is 0 Å². The molecule has 2 rings (SSSR count). The molecular weight excluding hydrogens is 244 g/mol. The molecule has 1 aromatic rings. The molecular formula is C11H14O5S. The van der Waals surface area contributed by atoms with Crippen LogP contribution in [0.3, 0.4) is 0 Å². The molecule has 2 atom stereocenters. The number of ether oxygens (including phenoxy) is 2. The zero-order valence-corrected chi connectivity index (χ0v) is 10.2. The Balaban J connectivity index is 2.06. The third kappa shape index (κ3) is 2.89. The summed E-state index contributed by atoms with van der Waals surface area (Å²) < 4.78 is 33.0. The first kappa shape index (κ1) is 12.2. The Morgan fingerprint density at radius 3 is 2.24 bits per heavy atom. The highest BCUT2D eigenvalue weighted by Crippen LogP contribution is 2.22. The van der Waals surface area contributed by atoms with Crippen LogP contribution < -0.4 is 9.47 Å². The van der Waals surface area contributed by atoms with Crippen LogP contribution in [0.5, 0.6) is 11.5 Å². The van der Waals surface area contributed by atoms with Gasteiger partial charge in [-0.05, 0) is 24.3 Å². The van der Waals surface area contributed by atoms with Gasteiger partial charge in [0.25, 0.3) is 0 Å². The van der Waals surface area contributed by atoms with E-state index in [2.05, 4.69) is 0 Å². The quantitative estimate of drug-likeness (QED) is 0.840. The zero-order chi connectivity index (χ0) is 12.5. The number of benzene rings is 1. The minimum Gasteiger partial charge on any atom is -0.497 e. The number of aliphatic hydroxyl groups excluding tert-OH is 1. The van der Waals surface area contributed by atoms with Crippen LogP contribution in [0.4, 0.5) is 0 Å². The van der Waals surface area contributed by atoms with Crippen molar-refractivity contribution < 1.29 is 23.0 Å². The van der Waals surface area contributed by atoms with Gasteiger partial charge in [-0.3, -0.25) is 0 Å². The van der Waals surface area contributed by atoms with Crippen LogP contribution in [-0.2, 0) is 9.84 Å². The van der Waals surface area contributed by atoms with Gasteiger partial charge in [-0.1, -0.05) is 0 Å². The molecule has 0 spiro atoms. The summed E-state index contributed by atoms with van der Waals surface area (Å²) in [6.45, 7) is 0. The molecule has 1 aliphatic heterocycles. The molecule has 0 bridgehead atoms. The van der Waals surface area contributed by atoms with Crippen LogP contribution in [-0.4, -0.2) is 44.3 Å². The van der Waals surface area contributed by atoms with Gasteiger partial charge in [-0.15, -0.1) is 0 Å². The molecule has 0 saturated carbocycles. The number of hydrogen-bond donors (Lipinski definition) is 1. The Morgan fingerprint density at radius 1 is 1.18 bits per heavy atom. The van der Waals surface area contributed by atoms with Gasteiger partial charge in [0.1, 0.15) is 23.7 Å². The first-order valence-electron chi connectivity index (χ1n) is 5.19. The maximum Gasteiger partial charge on any atom is 0.156 e. The molecule has 0 amide bonds. The molecule has 17 heavy (non-hydrogen) atoms. The summed E-state index contributed by atoms with van der Waals surface area (Å²) >= 11 is 0. The van der Waals surface area contributed by atoms with Crippen molar-refractivity contribution in [1.82, 2.24) is 0 Å².